The van der Waals surface area contributed by atoms with Gasteiger partial charge in [-0.1, -0.05) is 28.5 Å². The van der Waals surface area contributed by atoms with Gasteiger partial charge in [-0.3, -0.25) is 0 Å². The minimum atomic E-state index is -0.309. The molecule has 0 bridgehead atoms. The number of rotatable bonds is 7. The van der Waals surface area contributed by atoms with Crippen LogP contribution in [0.15, 0.2) is 50.8 Å². The van der Waals surface area contributed by atoms with Gasteiger partial charge in [0.25, 0.3) is 0 Å². The van der Waals surface area contributed by atoms with Crippen LogP contribution in [0.4, 0.5) is 4.39 Å². The Labute approximate surface area is 182 Å². The Kier molecular flexibility index (Phi) is 5.86. The van der Waals surface area contributed by atoms with Gasteiger partial charge in [0.15, 0.2) is 0 Å². The van der Waals surface area contributed by atoms with Gasteiger partial charge in [-0.2, -0.15) is 9.97 Å². The van der Waals surface area contributed by atoms with E-state index in [0.29, 0.717) is 29.0 Å². The summed E-state index contributed by atoms with van der Waals surface area (Å²) in [7, 11) is 0. The zero-order valence-corrected chi connectivity index (χ0v) is 17.7. The molecule has 1 aliphatic heterocycles. The van der Waals surface area contributed by atoms with Crippen molar-refractivity contribution in [3.8, 4) is 22.1 Å². The summed E-state index contributed by atoms with van der Waals surface area (Å²) < 4.78 is 24.4. The SMILES string of the molecule is Fc1cccc(-c2noc(C3CCCN(CCCc4nc(-c5cccs5)no4)C3)n2)c1. The van der Waals surface area contributed by atoms with Gasteiger partial charge in [0.2, 0.25) is 23.4 Å². The van der Waals surface area contributed by atoms with E-state index in [1.165, 1.54) is 12.1 Å². The Morgan fingerprint density at radius 1 is 1.10 bits per heavy atom. The van der Waals surface area contributed by atoms with E-state index < -0.39 is 0 Å². The zero-order valence-electron chi connectivity index (χ0n) is 16.9. The van der Waals surface area contributed by atoms with Gasteiger partial charge < -0.3 is 13.9 Å². The van der Waals surface area contributed by atoms with Gasteiger partial charge in [-0.05, 0) is 55.9 Å². The van der Waals surface area contributed by atoms with Crippen LogP contribution in [0, 0.1) is 5.82 Å². The van der Waals surface area contributed by atoms with Gasteiger partial charge in [0.1, 0.15) is 5.82 Å². The fraction of sp³-hybridized carbons (Fsp3) is 0.364. The lowest BCUT2D eigenvalue weighted by molar-refractivity contribution is 0.184. The highest BCUT2D eigenvalue weighted by molar-refractivity contribution is 7.13. The first-order valence-electron chi connectivity index (χ1n) is 10.4. The number of hydrogen-bond donors (Lipinski definition) is 0. The van der Waals surface area contributed by atoms with E-state index in [1.807, 2.05) is 17.5 Å². The summed E-state index contributed by atoms with van der Waals surface area (Å²) in [6, 6.07) is 10.2. The molecular weight excluding hydrogens is 417 g/mol. The van der Waals surface area contributed by atoms with E-state index in [2.05, 4.69) is 25.2 Å². The predicted octanol–water partition coefficient (Wildman–Crippen LogP) is 4.80. The molecule has 0 N–H and O–H groups in total. The van der Waals surface area contributed by atoms with Gasteiger partial charge in [-0.15, -0.1) is 11.3 Å². The second-order valence-corrected chi connectivity index (χ2v) is 8.65. The van der Waals surface area contributed by atoms with E-state index in [9.17, 15) is 4.39 Å². The van der Waals surface area contributed by atoms with Crippen molar-refractivity contribution in [1.82, 2.24) is 25.2 Å². The standard InChI is InChI=1S/C22H22FN5O2S/c23-17-7-1-5-15(13-17)20-25-22(30-26-20)16-6-2-10-28(14-16)11-3-9-19-24-21(27-29-19)18-8-4-12-31-18/h1,4-5,7-8,12-13,16H,2-3,6,9-11,14H2. The van der Waals surface area contributed by atoms with Crippen LogP contribution in [0.5, 0.6) is 0 Å². The van der Waals surface area contributed by atoms with E-state index in [4.69, 9.17) is 9.05 Å². The van der Waals surface area contributed by atoms with Crippen molar-refractivity contribution in [2.24, 2.45) is 0 Å². The number of hydrogen-bond acceptors (Lipinski definition) is 8. The number of halogens is 1. The van der Waals surface area contributed by atoms with E-state index in [1.54, 1.807) is 23.5 Å². The fourth-order valence-electron chi connectivity index (χ4n) is 3.92. The Bertz CT molecular complexity index is 1130. The lowest BCUT2D eigenvalue weighted by Gasteiger charge is -2.30. The van der Waals surface area contributed by atoms with Gasteiger partial charge >= 0.3 is 0 Å². The number of likely N-dealkylation sites (tertiary alicyclic amines) is 1. The molecule has 5 rings (SSSR count). The molecule has 0 saturated carbocycles. The summed E-state index contributed by atoms with van der Waals surface area (Å²) >= 11 is 1.60. The lowest BCUT2D eigenvalue weighted by Crippen LogP contribution is -2.35. The Hall–Kier alpha value is -2.91. The quantitative estimate of drug-likeness (QED) is 0.409. The van der Waals surface area contributed by atoms with Crippen molar-refractivity contribution in [2.45, 2.75) is 31.6 Å². The molecule has 1 fully saturated rings. The summed E-state index contributed by atoms with van der Waals surface area (Å²) in [5.74, 6) is 2.28. The maximum absolute atomic E-state index is 13.5. The molecule has 0 aliphatic carbocycles. The van der Waals surface area contributed by atoms with E-state index >= 15 is 0 Å². The highest BCUT2D eigenvalue weighted by atomic mass is 32.1. The van der Waals surface area contributed by atoms with Crippen molar-refractivity contribution < 1.29 is 13.4 Å². The van der Waals surface area contributed by atoms with Crippen molar-refractivity contribution in [2.75, 3.05) is 19.6 Å². The molecule has 0 spiro atoms. The van der Waals surface area contributed by atoms with Crippen LogP contribution >= 0.6 is 11.3 Å². The monoisotopic (exact) mass is 439 g/mol. The smallest absolute Gasteiger partial charge is 0.231 e. The third kappa shape index (κ3) is 4.72. The molecule has 1 aliphatic rings. The maximum Gasteiger partial charge on any atom is 0.231 e. The molecule has 31 heavy (non-hydrogen) atoms. The van der Waals surface area contributed by atoms with Crippen LogP contribution in [0.1, 0.15) is 37.0 Å². The first-order valence-corrected chi connectivity index (χ1v) is 11.3. The molecule has 0 radical (unpaired) electrons. The summed E-state index contributed by atoms with van der Waals surface area (Å²) in [5, 5.41) is 10.1. The number of thiophene rings is 1. The van der Waals surface area contributed by atoms with Crippen molar-refractivity contribution in [1.29, 1.82) is 0 Å². The molecule has 9 heteroatoms. The number of aromatic nitrogens is 4. The molecular formula is C22H22FN5O2S. The Balaban J connectivity index is 1.15. The minimum Gasteiger partial charge on any atom is -0.339 e. The van der Waals surface area contributed by atoms with Crippen molar-refractivity contribution >= 4 is 11.3 Å². The topological polar surface area (TPSA) is 81.1 Å². The van der Waals surface area contributed by atoms with Crippen LogP contribution < -0.4 is 0 Å². The average Bonchev–Trinajstić information content (AvgIpc) is 3.55. The van der Waals surface area contributed by atoms with Crippen LogP contribution in [0.25, 0.3) is 22.1 Å². The molecule has 4 aromatic rings. The molecule has 1 saturated heterocycles. The van der Waals surface area contributed by atoms with Gasteiger partial charge in [-0.25, -0.2) is 4.39 Å². The zero-order chi connectivity index (χ0) is 21.0. The molecule has 160 valence electrons. The number of piperidine rings is 1. The molecule has 7 nitrogen and oxygen atoms in total. The number of nitrogens with zero attached hydrogens (tertiary/aromatic N) is 5. The van der Waals surface area contributed by atoms with Crippen LogP contribution in [0.3, 0.4) is 0 Å². The highest BCUT2D eigenvalue weighted by Gasteiger charge is 2.26. The van der Waals surface area contributed by atoms with Crippen molar-refractivity contribution in [3.05, 3.63) is 59.4 Å². The summed E-state index contributed by atoms with van der Waals surface area (Å²) in [6.07, 6.45) is 3.78. The van der Waals surface area contributed by atoms with Gasteiger partial charge in [0, 0.05) is 18.5 Å². The largest absolute Gasteiger partial charge is 0.339 e. The Morgan fingerprint density at radius 3 is 2.90 bits per heavy atom. The fourth-order valence-corrected chi connectivity index (χ4v) is 4.57. The number of benzene rings is 1. The molecule has 1 unspecified atom stereocenters. The average molecular weight is 440 g/mol. The Morgan fingerprint density at radius 2 is 2.03 bits per heavy atom. The maximum atomic E-state index is 13.5. The summed E-state index contributed by atoms with van der Waals surface area (Å²) in [4.78, 5) is 12.5. The minimum absolute atomic E-state index is 0.192. The molecule has 0 amide bonds. The third-order valence-corrected chi connectivity index (χ3v) is 6.32. The van der Waals surface area contributed by atoms with E-state index in [-0.39, 0.29) is 11.7 Å². The van der Waals surface area contributed by atoms with Crippen LogP contribution in [0.2, 0.25) is 0 Å². The molecule has 4 heterocycles. The summed E-state index contributed by atoms with van der Waals surface area (Å²) in [6.45, 7) is 2.86. The normalized spacial score (nSPS) is 17.3. The number of aryl methyl sites for hydroxylation is 1. The van der Waals surface area contributed by atoms with E-state index in [0.717, 1.165) is 50.2 Å². The molecule has 1 atom stereocenters. The lowest BCUT2D eigenvalue weighted by atomic mass is 9.97. The third-order valence-electron chi connectivity index (χ3n) is 5.45. The molecule has 3 aromatic heterocycles. The predicted molar refractivity (Wildman–Crippen MR) is 114 cm³/mol. The first kappa shape index (κ1) is 20.0. The van der Waals surface area contributed by atoms with Crippen LogP contribution in [-0.4, -0.2) is 44.8 Å². The van der Waals surface area contributed by atoms with Gasteiger partial charge in [0.05, 0.1) is 10.8 Å². The molecule has 1 aromatic carbocycles. The van der Waals surface area contributed by atoms with Crippen molar-refractivity contribution in [3.63, 3.8) is 0 Å². The summed E-state index contributed by atoms with van der Waals surface area (Å²) in [5.41, 5.74) is 0.629. The highest BCUT2D eigenvalue weighted by Crippen LogP contribution is 2.28. The van der Waals surface area contributed by atoms with Crippen LogP contribution in [-0.2, 0) is 6.42 Å². The second-order valence-electron chi connectivity index (χ2n) is 7.70. The second kappa shape index (κ2) is 9.07. The first-order chi connectivity index (χ1) is 15.2.